The third-order valence-electron chi connectivity index (χ3n) is 3.76. The van der Waals surface area contributed by atoms with Crippen LogP contribution in [0.2, 0.25) is 0 Å². The van der Waals surface area contributed by atoms with Crippen LogP contribution in [0.4, 0.5) is 5.69 Å². The van der Waals surface area contributed by atoms with Crippen LogP contribution in [0.15, 0.2) is 24.3 Å². The van der Waals surface area contributed by atoms with Crippen LogP contribution in [0.1, 0.15) is 18.4 Å². The van der Waals surface area contributed by atoms with E-state index in [2.05, 4.69) is 36.0 Å². The molecule has 94 valence electrons. The molecular weight excluding hydrogens is 212 g/mol. The predicted molar refractivity (Wildman–Crippen MR) is 71.3 cm³/mol. The highest BCUT2D eigenvalue weighted by molar-refractivity contribution is 5.47. The van der Waals surface area contributed by atoms with Gasteiger partial charge >= 0.3 is 0 Å². The van der Waals surface area contributed by atoms with Crippen molar-refractivity contribution in [2.24, 2.45) is 0 Å². The maximum Gasteiger partial charge on any atom is 0.0681 e. The molecule has 0 spiro atoms. The highest BCUT2D eigenvalue weighted by atomic mass is 16.3. The zero-order valence-electron chi connectivity index (χ0n) is 10.8. The molecule has 1 aromatic rings. The van der Waals surface area contributed by atoms with Crippen molar-refractivity contribution in [3.05, 3.63) is 29.8 Å². The first-order valence-electron chi connectivity index (χ1n) is 6.32. The van der Waals surface area contributed by atoms with Crippen molar-refractivity contribution in [3.8, 4) is 0 Å². The Kier molecular flexibility index (Phi) is 4.02. The van der Waals surface area contributed by atoms with E-state index >= 15 is 0 Å². The number of aliphatic hydroxyl groups excluding tert-OH is 1. The smallest absolute Gasteiger partial charge is 0.0681 e. The first-order chi connectivity index (χ1) is 8.20. The second-order valence-corrected chi connectivity index (χ2v) is 4.97. The van der Waals surface area contributed by atoms with Gasteiger partial charge in [0.2, 0.25) is 0 Å². The van der Waals surface area contributed by atoms with Gasteiger partial charge in [-0.25, -0.2) is 0 Å². The number of likely N-dealkylation sites (tertiary alicyclic amines) is 1. The van der Waals surface area contributed by atoms with Crippen molar-refractivity contribution in [2.45, 2.75) is 25.5 Å². The van der Waals surface area contributed by atoms with Gasteiger partial charge in [-0.15, -0.1) is 0 Å². The average molecular weight is 234 g/mol. The summed E-state index contributed by atoms with van der Waals surface area (Å²) in [7, 11) is 4.36. The Morgan fingerprint density at radius 1 is 1.24 bits per heavy atom. The van der Waals surface area contributed by atoms with Crippen molar-refractivity contribution in [2.75, 3.05) is 32.1 Å². The van der Waals surface area contributed by atoms with Gasteiger partial charge in [0.05, 0.1) is 6.61 Å². The summed E-state index contributed by atoms with van der Waals surface area (Å²) in [6, 6.07) is 8.85. The fourth-order valence-electron chi connectivity index (χ4n) is 2.43. The van der Waals surface area contributed by atoms with E-state index in [0.29, 0.717) is 6.04 Å². The monoisotopic (exact) mass is 234 g/mol. The van der Waals surface area contributed by atoms with Gasteiger partial charge in [-0.1, -0.05) is 12.1 Å². The second kappa shape index (κ2) is 5.52. The van der Waals surface area contributed by atoms with Crippen LogP contribution in [0.3, 0.4) is 0 Å². The molecule has 0 radical (unpaired) electrons. The summed E-state index contributed by atoms with van der Waals surface area (Å²) in [5.41, 5.74) is 2.22. The molecule has 0 aromatic heterocycles. The Bertz CT molecular complexity index is 342. The summed E-state index contributed by atoms with van der Waals surface area (Å²) < 4.78 is 0. The summed E-state index contributed by atoms with van der Waals surface area (Å²) in [5.74, 6) is 0. The van der Waals surface area contributed by atoms with Crippen LogP contribution in [0.5, 0.6) is 0 Å². The van der Waals surface area contributed by atoms with Gasteiger partial charge in [0.15, 0.2) is 0 Å². The van der Waals surface area contributed by atoms with Gasteiger partial charge in [-0.2, -0.15) is 0 Å². The Morgan fingerprint density at radius 3 is 2.35 bits per heavy atom. The van der Waals surface area contributed by atoms with E-state index in [1.54, 1.807) is 0 Å². The lowest BCUT2D eigenvalue weighted by molar-refractivity contribution is 0.253. The maximum absolute atomic E-state index is 9.03. The minimum absolute atomic E-state index is 0.123. The van der Waals surface area contributed by atoms with Crippen molar-refractivity contribution in [3.63, 3.8) is 0 Å². The van der Waals surface area contributed by atoms with Gasteiger partial charge in [0.1, 0.15) is 0 Å². The summed E-state index contributed by atoms with van der Waals surface area (Å²) >= 11 is 0. The van der Waals surface area contributed by atoms with Crippen LogP contribution >= 0.6 is 0 Å². The molecule has 1 saturated heterocycles. The van der Waals surface area contributed by atoms with Gasteiger partial charge < -0.3 is 14.9 Å². The second-order valence-electron chi connectivity index (χ2n) is 4.97. The molecule has 1 aromatic carbocycles. The number of nitrogens with zero attached hydrogens (tertiary/aromatic N) is 2. The van der Waals surface area contributed by atoms with Gasteiger partial charge in [0.25, 0.3) is 0 Å². The number of piperidine rings is 1. The van der Waals surface area contributed by atoms with Crippen LogP contribution < -0.4 is 4.90 Å². The highest BCUT2D eigenvalue weighted by Crippen LogP contribution is 2.22. The van der Waals surface area contributed by atoms with Gasteiger partial charge in [0, 0.05) is 18.8 Å². The van der Waals surface area contributed by atoms with Gasteiger partial charge in [-0.3, -0.25) is 0 Å². The van der Waals surface area contributed by atoms with Gasteiger partial charge in [-0.05, 0) is 50.7 Å². The average Bonchev–Trinajstić information content (AvgIpc) is 2.39. The standard InChI is InChI=1S/C14H22N2O/c1-15-9-7-14(8-10-15)16(2)13-5-3-12(11-17)4-6-13/h3-6,14,17H,7-11H2,1-2H3. The van der Waals surface area contributed by atoms with E-state index in [1.165, 1.54) is 31.6 Å². The molecule has 0 unspecified atom stereocenters. The fourth-order valence-corrected chi connectivity index (χ4v) is 2.43. The van der Waals surface area contributed by atoms with E-state index in [0.717, 1.165) is 5.56 Å². The van der Waals surface area contributed by atoms with E-state index in [4.69, 9.17) is 5.11 Å². The number of benzene rings is 1. The molecule has 17 heavy (non-hydrogen) atoms. The molecular formula is C14H22N2O. The molecule has 0 bridgehead atoms. The Labute approximate surface area is 104 Å². The highest BCUT2D eigenvalue weighted by Gasteiger charge is 2.20. The first-order valence-corrected chi connectivity index (χ1v) is 6.32. The molecule has 3 nitrogen and oxygen atoms in total. The Morgan fingerprint density at radius 2 is 1.82 bits per heavy atom. The molecule has 0 atom stereocenters. The third-order valence-corrected chi connectivity index (χ3v) is 3.76. The zero-order valence-corrected chi connectivity index (χ0v) is 10.8. The lowest BCUT2D eigenvalue weighted by Crippen LogP contribution is -2.41. The van der Waals surface area contributed by atoms with Crippen molar-refractivity contribution >= 4 is 5.69 Å². The topological polar surface area (TPSA) is 26.7 Å². The van der Waals surface area contributed by atoms with Crippen molar-refractivity contribution < 1.29 is 5.11 Å². The van der Waals surface area contributed by atoms with E-state index in [-0.39, 0.29) is 6.61 Å². The first kappa shape index (κ1) is 12.4. The van der Waals surface area contributed by atoms with Crippen LogP contribution in [-0.4, -0.2) is 43.2 Å². The summed E-state index contributed by atoms with van der Waals surface area (Å²) in [6.07, 6.45) is 2.46. The van der Waals surface area contributed by atoms with E-state index < -0.39 is 0 Å². The van der Waals surface area contributed by atoms with Crippen LogP contribution in [-0.2, 0) is 6.61 Å². The van der Waals surface area contributed by atoms with Crippen LogP contribution in [0, 0.1) is 0 Å². The molecule has 1 fully saturated rings. The normalized spacial score (nSPS) is 18.3. The minimum Gasteiger partial charge on any atom is -0.392 e. The molecule has 1 N–H and O–H groups in total. The molecule has 0 amide bonds. The number of hydrogen-bond donors (Lipinski definition) is 1. The third kappa shape index (κ3) is 2.99. The lowest BCUT2D eigenvalue weighted by Gasteiger charge is -2.36. The maximum atomic E-state index is 9.03. The largest absolute Gasteiger partial charge is 0.392 e. The lowest BCUT2D eigenvalue weighted by atomic mass is 10.0. The van der Waals surface area contributed by atoms with Crippen molar-refractivity contribution in [1.82, 2.24) is 4.90 Å². The van der Waals surface area contributed by atoms with E-state index in [9.17, 15) is 0 Å². The molecule has 1 aliphatic rings. The summed E-state index contributed by atoms with van der Waals surface area (Å²) in [4.78, 5) is 4.76. The summed E-state index contributed by atoms with van der Waals surface area (Å²) in [6.45, 7) is 2.49. The molecule has 2 rings (SSSR count). The zero-order chi connectivity index (χ0) is 12.3. The molecule has 1 aliphatic heterocycles. The molecule has 0 saturated carbocycles. The predicted octanol–water partition coefficient (Wildman–Crippen LogP) is 1.71. The fraction of sp³-hybridized carbons (Fsp3) is 0.571. The summed E-state index contributed by atoms with van der Waals surface area (Å²) in [5, 5.41) is 9.03. The number of anilines is 1. The Hall–Kier alpha value is -1.06. The van der Waals surface area contributed by atoms with Crippen molar-refractivity contribution in [1.29, 1.82) is 0 Å². The minimum atomic E-state index is 0.123. The van der Waals surface area contributed by atoms with Crippen LogP contribution in [0.25, 0.3) is 0 Å². The molecule has 3 heteroatoms. The Balaban J connectivity index is 2.00. The number of aliphatic hydroxyl groups is 1. The molecule has 1 heterocycles. The quantitative estimate of drug-likeness (QED) is 0.862. The number of rotatable bonds is 3. The SMILES string of the molecule is CN1CCC(N(C)c2ccc(CO)cc2)CC1. The molecule has 0 aliphatic carbocycles. The number of hydrogen-bond acceptors (Lipinski definition) is 3. The van der Waals surface area contributed by atoms with E-state index in [1.807, 2.05) is 12.1 Å².